The number of rotatable bonds is 6. The lowest BCUT2D eigenvalue weighted by Gasteiger charge is -2.12. The fourth-order valence-corrected chi connectivity index (χ4v) is 3.44. The van der Waals surface area contributed by atoms with Crippen LogP contribution in [0.4, 0.5) is 5.69 Å². The van der Waals surface area contributed by atoms with Gasteiger partial charge in [-0.15, -0.1) is 0 Å². The van der Waals surface area contributed by atoms with E-state index in [1.807, 2.05) is 41.2 Å². The van der Waals surface area contributed by atoms with Crippen LogP contribution in [0.3, 0.4) is 0 Å². The third-order valence-electron chi connectivity index (χ3n) is 4.45. The zero-order valence-corrected chi connectivity index (χ0v) is 16.2. The van der Waals surface area contributed by atoms with Gasteiger partial charge in [0.1, 0.15) is 5.69 Å². The van der Waals surface area contributed by atoms with Gasteiger partial charge in [0.2, 0.25) is 0 Å². The molecular formula is C21H20N4O2S. The predicted octanol–water partition coefficient (Wildman–Crippen LogP) is 3.74. The van der Waals surface area contributed by atoms with Gasteiger partial charge in [-0.05, 0) is 49.4 Å². The molecule has 2 N–H and O–H groups in total. The topological polar surface area (TPSA) is 76.0 Å². The van der Waals surface area contributed by atoms with E-state index in [1.165, 1.54) is 11.8 Å². The first-order chi connectivity index (χ1) is 13.7. The van der Waals surface area contributed by atoms with Crippen LogP contribution < -0.4 is 10.6 Å². The van der Waals surface area contributed by atoms with Gasteiger partial charge in [-0.2, -0.15) is 0 Å². The van der Waals surface area contributed by atoms with E-state index < -0.39 is 0 Å². The SMILES string of the molecule is CSc1ncc(C(=O)Nc2cccc(C(=O)NC3CC3)c2)n1-c1ccccc1. The van der Waals surface area contributed by atoms with Crippen LogP contribution >= 0.6 is 11.8 Å². The molecule has 142 valence electrons. The number of para-hydroxylation sites is 1. The molecule has 0 bridgehead atoms. The van der Waals surface area contributed by atoms with Crippen molar-refractivity contribution in [2.75, 3.05) is 11.6 Å². The summed E-state index contributed by atoms with van der Waals surface area (Å²) < 4.78 is 1.82. The molecule has 6 nitrogen and oxygen atoms in total. The summed E-state index contributed by atoms with van der Waals surface area (Å²) in [7, 11) is 0. The summed E-state index contributed by atoms with van der Waals surface area (Å²) in [6.07, 6.45) is 5.55. The van der Waals surface area contributed by atoms with E-state index in [0.29, 0.717) is 16.9 Å². The third kappa shape index (κ3) is 3.94. The maximum atomic E-state index is 12.9. The lowest BCUT2D eigenvalue weighted by Crippen LogP contribution is -2.25. The van der Waals surface area contributed by atoms with Crippen molar-refractivity contribution in [3.8, 4) is 5.69 Å². The Morgan fingerprint density at radius 1 is 1.07 bits per heavy atom. The van der Waals surface area contributed by atoms with Crippen LogP contribution in [0.2, 0.25) is 0 Å². The average Bonchev–Trinajstić information content (AvgIpc) is 3.42. The zero-order chi connectivity index (χ0) is 19.5. The second-order valence-corrected chi connectivity index (χ2v) is 7.36. The normalized spacial score (nSPS) is 13.2. The van der Waals surface area contributed by atoms with Crippen LogP contribution in [0.25, 0.3) is 5.69 Å². The molecule has 2 amide bonds. The molecule has 4 rings (SSSR count). The number of nitrogens with one attached hydrogen (secondary N) is 2. The Kier molecular flexibility index (Phi) is 5.16. The Hall–Kier alpha value is -3.06. The van der Waals surface area contributed by atoms with Gasteiger partial charge in [0.05, 0.1) is 6.20 Å². The first-order valence-electron chi connectivity index (χ1n) is 9.05. The largest absolute Gasteiger partial charge is 0.349 e. The second-order valence-electron chi connectivity index (χ2n) is 6.58. The summed E-state index contributed by atoms with van der Waals surface area (Å²) in [6, 6.07) is 16.9. The molecule has 0 spiro atoms. The number of hydrogen-bond acceptors (Lipinski definition) is 4. The third-order valence-corrected chi connectivity index (χ3v) is 5.11. The summed E-state index contributed by atoms with van der Waals surface area (Å²) in [5.41, 5.74) is 2.40. The van der Waals surface area contributed by atoms with Crippen LogP contribution in [0.5, 0.6) is 0 Å². The van der Waals surface area contributed by atoms with Crippen LogP contribution in [0.15, 0.2) is 66.0 Å². The van der Waals surface area contributed by atoms with Gasteiger partial charge >= 0.3 is 0 Å². The number of carbonyl (C=O) groups excluding carboxylic acids is 2. The van der Waals surface area contributed by atoms with E-state index in [2.05, 4.69) is 15.6 Å². The van der Waals surface area contributed by atoms with Crippen molar-refractivity contribution in [3.05, 3.63) is 72.1 Å². The maximum absolute atomic E-state index is 12.9. The van der Waals surface area contributed by atoms with Crippen molar-refractivity contribution in [2.45, 2.75) is 24.0 Å². The molecule has 0 unspecified atom stereocenters. The summed E-state index contributed by atoms with van der Waals surface area (Å²) >= 11 is 1.47. The Bertz CT molecular complexity index is 1010. The molecule has 1 fully saturated rings. The summed E-state index contributed by atoms with van der Waals surface area (Å²) in [4.78, 5) is 29.5. The second kappa shape index (κ2) is 7.90. The minimum atomic E-state index is -0.281. The molecule has 1 saturated carbocycles. The van der Waals surface area contributed by atoms with Crippen molar-refractivity contribution in [1.82, 2.24) is 14.9 Å². The molecule has 7 heteroatoms. The number of amides is 2. The minimum Gasteiger partial charge on any atom is -0.349 e. The molecule has 1 aliphatic carbocycles. The van der Waals surface area contributed by atoms with E-state index in [1.54, 1.807) is 30.5 Å². The van der Waals surface area contributed by atoms with Gasteiger partial charge in [0.25, 0.3) is 11.8 Å². The number of carbonyl (C=O) groups is 2. The van der Waals surface area contributed by atoms with E-state index in [0.717, 1.165) is 23.7 Å². The molecule has 1 aromatic heterocycles. The smallest absolute Gasteiger partial charge is 0.274 e. The average molecular weight is 392 g/mol. The zero-order valence-electron chi connectivity index (χ0n) is 15.4. The molecule has 0 atom stereocenters. The highest BCUT2D eigenvalue weighted by molar-refractivity contribution is 7.98. The van der Waals surface area contributed by atoms with Crippen LogP contribution in [0.1, 0.15) is 33.7 Å². The summed E-state index contributed by atoms with van der Waals surface area (Å²) in [5.74, 6) is -0.394. The fourth-order valence-electron chi connectivity index (χ4n) is 2.90. The van der Waals surface area contributed by atoms with Gasteiger partial charge in [0.15, 0.2) is 5.16 Å². The number of hydrogen-bond donors (Lipinski definition) is 2. The van der Waals surface area contributed by atoms with Crippen molar-refractivity contribution in [3.63, 3.8) is 0 Å². The van der Waals surface area contributed by atoms with Crippen molar-refractivity contribution in [2.24, 2.45) is 0 Å². The molecular weight excluding hydrogens is 372 g/mol. The first kappa shape index (κ1) is 18.3. The monoisotopic (exact) mass is 392 g/mol. The number of anilines is 1. The Morgan fingerprint density at radius 2 is 1.86 bits per heavy atom. The number of thioether (sulfide) groups is 1. The molecule has 2 aromatic carbocycles. The van der Waals surface area contributed by atoms with Gasteiger partial charge in [-0.25, -0.2) is 4.98 Å². The molecule has 1 aliphatic rings. The van der Waals surface area contributed by atoms with Crippen LogP contribution in [-0.4, -0.2) is 33.7 Å². The van der Waals surface area contributed by atoms with Gasteiger partial charge < -0.3 is 10.6 Å². The highest BCUT2D eigenvalue weighted by Gasteiger charge is 2.24. The quantitative estimate of drug-likeness (QED) is 0.627. The number of benzene rings is 2. The van der Waals surface area contributed by atoms with Gasteiger partial charge in [0, 0.05) is 23.0 Å². The highest BCUT2D eigenvalue weighted by atomic mass is 32.2. The van der Waals surface area contributed by atoms with Gasteiger partial charge in [-0.1, -0.05) is 36.0 Å². The van der Waals surface area contributed by atoms with E-state index in [4.69, 9.17) is 0 Å². The van der Waals surface area contributed by atoms with Gasteiger partial charge in [-0.3, -0.25) is 14.2 Å². The molecule has 28 heavy (non-hydrogen) atoms. The fraction of sp³-hybridized carbons (Fsp3) is 0.190. The number of nitrogens with zero attached hydrogens (tertiary/aromatic N) is 2. The Labute approximate surface area is 167 Å². The standard InChI is InChI=1S/C21H20N4O2S/c1-28-21-22-13-18(25(21)17-8-3-2-4-9-17)20(27)24-16-7-5-6-14(12-16)19(26)23-15-10-11-15/h2-9,12-13,15H,10-11H2,1H3,(H,23,26)(H,24,27). The summed E-state index contributed by atoms with van der Waals surface area (Å²) in [5, 5.41) is 6.57. The molecule has 0 saturated heterocycles. The number of imidazole rings is 1. The molecule has 0 radical (unpaired) electrons. The first-order valence-corrected chi connectivity index (χ1v) is 10.3. The molecule has 0 aliphatic heterocycles. The summed E-state index contributed by atoms with van der Waals surface area (Å²) in [6.45, 7) is 0. The highest BCUT2D eigenvalue weighted by Crippen LogP contribution is 2.23. The Balaban J connectivity index is 1.58. The van der Waals surface area contributed by atoms with Crippen molar-refractivity contribution in [1.29, 1.82) is 0 Å². The van der Waals surface area contributed by atoms with Crippen LogP contribution in [0, 0.1) is 0 Å². The predicted molar refractivity (Wildman–Crippen MR) is 110 cm³/mol. The number of aromatic nitrogens is 2. The van der Waals surface area contributed by atoms with Crippen LogP contribution in [-0.2, 0) is 0 Å². The van der Waals surface area contributed by atoms with E-state index in [9.17, 15) is 9.59 Å². The lowest BCUT2D eigenvalue weighted by molar-refractivity contribution is 0.0949. The molecule has 3 aromatic rings. The van der Waals surface area contributed by atoms with Crippen molar-refractivity contribution < 1.29 is 9.59 Å². The lowest BCUT2D eigenvalue weighted by atomic mass is 10.2. The maximum Gasteiger partial charge on any atom is 0.274 e. The minimum absolute atomic E-state index is 0.113. The van der Waals surface area contributed by atoms with E-state index >= 15 is 0 Å². The van der Waals surface area contributed by atoms with E-state index in [-0.39, 0.29) is 17.9 Å². The van der Waals surface area contributed by atoms with Crippen molar-refractivity contribution >= 4 is 29.3 Å². The molecule has 1 heterocycles. The Morgan fingerprint density at radius 3 is 2.57 bits per heavy atom.